The van der Waals surface area contributed by atoms with Crippen molar-refractivity contribution in [2.24, 2.45) is 27.6 Å². The van der Waals surface area contributed by atoms with E-state index in [4.69, 9.17) is 10.9 Å². The molecule has 0 aliphatic heterocycles. The van der Waals surface area contributed by atoms with E-state index in [1.54, 1.807) is 0 Å². The number of hydrogen-bond donors (Lipinski definition) is 3. The first kappa shape index (κ1) is 12.2. The van der Waals surface area contributed by atoms with Gasteiger partial charge in [0.1, 0.15) is 5.41 Å². The Bertz CT molecular complexity index is 355. The molecule has 0 atom stereocenters. The molecule has 5 heteroatoms. The van der Waals surface area contributed by atoms with E-state index in [0.29, 0.717) is 25.3 Å². The van der Waals surface area contributed by atoms with Gasteiger partial charge in [-0.25, -0.2) is 0 Å². The van der Waals surface area contributed by atoms with Crippen LogP contribution in [0.4, 0.5) is 0 Å². The van der Waals surface area contributed by atoms with E-state index in [2.05, 4.69) is 24.3 Å². The molecule has 0 unspecified atom stereocenters. The van der Waals surface area contributed by atoms with Crippen molar-refractivity contribution in [3.05, 3.63) is 0 Å². The summed E-state index contributed by atoms with van der Waals surface area (Å²) in [6, 6.07) is 0. The minimum atomic E-state index is -0.764. The largest absolute Gasteiger partial charge is 0.409 e. The second-order valence-electron chi connectivity index (χ2n) is 6.07. The van der Waals surface area contributed by atoms with Gasteiger partial charge in [0.15, 0.2) is 5.84 Å². The number of amidine groups is 1. The molecule has 0 saturated heterocycles. The van der Waals surface area contributed by atoms with Gasteiger partial charge in [-0.05, 0) is 37.0 Å². The topological polar surface area (TPSA) is 87.7 Å². The highest BCUT2D eigenvalue weighted by Gasteiger charge is 2.52. The average Bonchev–Trinajstić information content (AvgIpc) is 2.99. The molecule has 5 nitrogen and oxygen atoms in total. The zero-order valence-electron chi connectivity index (χ0n) is 10.5. The fourth-order valence-corrected chi connectivity index (χ4v) is 2.59. The fourth-order valence-electron chi connectivity index (χ4n) is 2.59. The van der Waals surface area contributed by atoms with E-state index in [0.717, 1.165) is 0 Å². The van der Waals surface area contributed by atoms with Crippen molar-refractivity contribution in [1.82, 2.24) is 5.32 Å². The van der Waals surface area contributed by atoms with Crippen molar-refractivity contribution in [2.75, 3.05) is 6.54 Å². The molecule has 0 aromatic carbocycles. The molecule has 96 valence electrons. The smallest absolute Gasteiger partial charge is 0.233 e. The van der Waals surface area contributed by atoms with E-state index >= 15 is 0 Å². The Morgan fingerprint density at radius 2 is 2.12 bits per heavy atom. The molecule has 1 amide bonds. The van der Waals surface area contributed by atoms with E-state index in [-0.39, 0.29) is 17.2 Å². The van der Waals surface area contributed by atoms with E-state index in [9.17, 15) is 4.79 Å². The third-order valence-corrected chi connectivity index (χ3v) is 4.21. The van der Waals surface area contributed by atoms with Gasteiger partial charge in [0, 0.05) is 6.54 Å². The Hall–Kier alpha value is -1.26. The van der Waals surface area contributed by atoms with Crippen molar-refractivity contribution >= 4 is 11.7 Å². The number of nitrogens with zero attached hydrogens (tertiary/aromatic N) is 1. The van der Waals surface area contributed by atoms with Crippen molar-refractivity contribution in [1.29, 1.82) is 0 Å². The number of carbonyl (C=O) groups excluding carboxylic acids is 1. The lowest BCUT2D eigenvalue weighted by molar-refractivity contribution is -0.133. The van der Waals surface area contributed by atoms with Gasteiger partial charge >= 0.3 is 0 Å². The molecule has 17 heavy (non-hydrogen) atoms. The summed E-state index contributed by atoms with van der Waals surface area (Å²) in [5.74, 6) is 0.422. The SMILES string of the molecule is CC1CC(C(=O)NCC2(C)CC2)(C(N)=NO)C1. The normalized spacial score (nSPS) is 34.9. The van der Waals surface area contributed by atoms with Gasteiger partial charge in [0.2, 0.25) is 5.91 Å². The van der Waals surface area contributed by atoms with Crippen molar-refractivity contribution < 1.29 is 10.0 Å². The maximum Gasteiger partial charge on any atom is 0.233 e. The van der Waals surface area contributed by atoms with Gasteiger partial charge in [-0.2, -0.15) is 0 Å². The Morgan fingerprint density at radius 1 is 1.53 bits per heavy atom. The minimum absolute atomic E-state index is 0.0500. The second-order valence-corrected chi connectivity index (χ2v) is 6.07. The first-order valence-electron chi connectivity index (χ1n) is 6.18. The highest BCUT2D eigenvalue weighted by molar-refractivity contribution is 6.07. The number of nitrogens with one attached hydrogen (secondary N) is 1. The van der Waals surface area contributed by atoms with Gasteiger partial charge < -0.3 is 16.3 Å². The van der Waals surface area contributed by atoms with Gasteiger partial charge in [-0.3, -0.25) is 4.79 Å². The maximum atomic E-state index is 12.2. The molecule has 2 aliphatic rings. The molecule has 0 aromatic rings. The van der Waals surface area contributed by atoms with Gasteiger partial charge in [0.05, 0.1) is 0 Å². The summed E-state index contributed by atoms with van der Waals surface area (Å²) in [5.41, 5.74) is 5.18. The quantitative estimate of drug-likeness (QED) is 0.297. The summed E-state index contributed by atoms with van der Waals surface area (Å²) in [5, 5.41) is 14.8. The fraction of sp³-hybridized carbons (Fsp3) is 0.833. The lowest BCUT2D eigenvalue weighted by Crippen LogP contribution is -2.57. The van der Waals surface area contributed by atoms with Crippen LogP contribution in [0.5, 0.6) is 0 Å². The molecule has 4 N–H and O–H groups in total. The molecular weight excluding hydrogens is 218 g/mol. The lowest BCUT2D eigenvalue weighted by Gasteiger charge is -2.43. The van der Waals surface area contributed by atoms with Crippen LogP contribution >= 0.6 is 0 Å². The summed E-state index contributed by atoms with van der Waals surface area (Å²) in [6.45, 7) is 4.92. The zero-order chi connectivity index (χ0) is 12.7. The molecule has 0 heterocycles. The van der Waals surface area contributed by atoms with Crippen molar-refractivity contribution in [2.45, 2.75) is 39.5 Å². The van der Waals surface area contributed by atoms with Crippen LogP contribution in [0.2, 0.25) is 0 Å². The van der Waals surface area contributed by atoms with Crippen LogP contribution in [0.1, 0.15) is 39.5 Å². The standard InChI is InChI=1S/C12H21N3O2/c1-8-5-12(6-8,9(13)15-17)10(16)14-7-11(2)3-4-11/h8,17H,3-7H2,1-2H3,(H2,13,15)(H,14,16). The molecule has 2 fully saturated rings. The number of hydrogen-bond acceptors (Lipinski definition) is 3. The predicted octanol–water partition coefficient (Wildman–Crippen LogP) is 1.07. The van der Waals surface area contributed by atoms with Gasteiger partial charge in [-0.1, -0.05) is 19.0 Å². The zero-order valence-corrected chi connectivity index (χ0v) is 10.5. The number of nitrogens with two attached hydrogens (primary N) is 1. The number of oxime groups is 1. The Balaban J connectivity index is 1.99. The molecule has 0 spiro atoms. The van der Waals surface area contributed by atoms with E-state index < -0.39 is 5.41 Å². The first-order chi connectivity index (χ1) is 7.92. The Morgan fingerprint density at radius 3 is 2.53 bits per heavy atom. The highest BCUT2D eigenvalue weighted by Crippen LogP contribution is 2.47. The van der Waals surface area contributed by atoms with Crippen LogP contribution in [0, 0.1) is 16.7 Å². The van der Waals surface area contributed by atoms with Crippen LogP contribution in [0.15, 0.2) is 5.16 Å². The van der Waals surface area contributed by atoms with Crippen molar-refractivity contribution in [3.63, 3.8) is 0 Å². The van der Waals surface area contributed by atoms with Gasteiger partial charge in [0.25, 0.3) is 0 Å². The second kappa shape index (κ2) is 3.89. The summed E-state index contributed by atoms with van der Waals surface area (Å²) in [4.78, 5) is 12.2. The first-order valence-corrected chi connectivity index (χ1v) is 6.18. The van der Waals surface area contributed by atoms with Crippen LogP contribution in [0.25, 0.3) is 0 Å². The van der Waals surface area contributed by atoms with Crippen molar-refractivity contribution in [3.8, 4) is 0 Å². The van der Waals surface area contributed by atoms with E-state index in [1.807, 2.05) is 0 Å². The predicted molar refractivity (Wildman–Crippen MR) is 64.6 cm³/mol. The number of amides is 1. The van der Waals surface area contributed by atoms with Crippen LogP contribution in [-0.2, 0) is 4.79 Å². The molecule has 2 saturated carbocycles. The van der Waals surface area contributed by atoms with Crippen LogP contribution in [-0.4, -0.2) is 23.5 Å². The van der Waals surface area contributed by atoms with Gasteiger partial charge in [-0.15, -0.1) is 0 Å². The number of rotatable bonds is 4. The average molecular weight is 239 g/mol. The molecular formula is C12H21N3O2. The molecule has 0 bridgehead atoms. The summed E-state index contributed by atoms with van der Waals surface area (Å²) in [6.07, 6.45) is 3.68. The summed E-state index contributed by atoms with van der Waals surface area (Å²) in [7, 11) is 0. The molecule has 0 radical (unpaired) electrons. The lowest BCUT2D eigenvalue weighted by atomic mass is 9.61. The molecule has 0 aromatic heterocycles. The van der Waals surface area contributed by atoms with Crippen LogP contribution < -0.4 is 11.1 Å². The molecule has 2 rings (SSSR count). The highest BCUT2D eigenvalue weighted by atomic mass is 16.4. The summed E-state index contributed by atoms with van der Waals surface area (Å²) < 4.78 is 0. The molecule has 2 aliphatic carbocycles. The van der Waals surface area contributed by atoms with E-state index in [1.165, 1.54) is 12.8 Å². The Kier molecular flexibility index (Phi) is 2.79. The Labute approximate surface area is 101 Å². The monoisotopic (exact) mass is 239 g/mol. The third-order valence-electron chi connectivity index (χ3n) is 4.21. The summed E-state index contributed by atoms with van der Waals surface area (Å²) >= 11 is 0. The number of carbonyl (C=O) groups is 1. The third kappa shape index (κ3) is 2.10. The van der Waals surface area contributed by atoms with Crippen LogP contribution in [0.3, 0.4) is 0 Å². The maximum absolute atomic E-state index is 12.2. The minimum Gasteiger partial charge on any atom is -0.409 e.